The Morgan fingerprint density at radius 2 is 2.27 bits per heavy atom. The fraction of sp³-hybridized carbons (Fsp3) is 0.182. The van der Waals surface area contributed by atoms with Crippen molar-refractivity contribution in [2.24, 2.45) is 0 Å². The smallest absolute Gasteiger partial charge is 0.174 e. The maximum Gasteiger partial charge on any atom is 0.174 e. The van der Waals surface area contributed by atoms with Gasteiger partial charge in [0.2, 0.25) is 0 Å². The van der Waals surface area contributed by atoms with Crippen molar-refractivity contribution in [2.45, 2.75) is 13.5 Å². The van der Waals surface area contributed by atoms with Crippen molar-refractivity contribution < 1.29 is 9.26 Å². The first-order chi connectivity index (χ1) is 7.25. The molecule has 3 nitrogen and oxygen atoms in total. The predicted octanol–water partition coefficient (Wildman–Crippen LogP) is 3.32. The fourth-order valence-electron chi connectivity index (χ4n) is 1.18. The van der Waals surface area contributed by atoms with Crippen LogP contribution in [0, 0.1) is 6.92 Å². The number of hydrogen-bond donors (Lipinski definition) is 0. The molecule has 0 N–H and O–H groups in total. The molecule has 1 aromatic heterocycles. The number of ether oxygens (including phenoxy) is 1. The highest BCUT2D eigenvalue weighted by Gasteiger charge is 2.00. The minimum atomic E-state index is 0.404. The number of benzene rings is 1. The van der Waals surface area contributed by atoms with Crippen LogP contribution < -0.4 is 4.74 Å². The molecule has 0 amide bonds. The Morgan fingerprint density at radius 3 is 2.93 bits per heavy atom. The van der Waals surface area contributed by atoms with Crippen molar-refractivity contribution in [2.75, 3.05) is 0 Å². The highest BCUT2D eigenvalue weighted by atomic mass is 79.9. The summed E-state index contributed by atoms with van der Waals surface area (Å²) in [5.41, 5.74) is 1.14. The lowest BCUT2D eigenvalue weighted by Crippen LogP contribution is -1.93. The zero-order chi connectivity index (χ0) is 10.7. The molecule has 1 heterocycles. The van der Waals surface area contributed by atoms with E-state index in [0.717, 1.165) is 21.5 Å². The highest BCUT2D eigenvalue weighted by molar-refractivity contribution is 9.10. The molecule has 0 aliphatic carbocycles. The summed E-state index contributed by atoms with van der Waals surface area (Å²) in [4.78, 5) is 0. The third kappa shape index (κ3) is 2.59. The van der Waals surface area contributed by atoms with Crippen LogP contribution in [-0.2, 0) is 6.61 Å². The van der Waals surface area contributed by atoms with Crippen LogP contribution in [0.3, 0.4) is 0 Å². The molecule has 0 aliphatic heterocycles. The molecule has 15 heavy (non-hydrogen) atoms. The van der Waals surface area contributed by atoms with Crippen molar-refractivity contribution >= 4 is 15.9 Å². The van der Waals surface area contributed by atoms with Gasteiger partial charge in [0, 0.05) is 10.5 Å². The van der Waals surface area contributed by atoms with E-state index < -0.39 is 0 Å². The van der Waals surface area contributed by atoms with Crippen LogP contribution in [0.2, 0.25) is 0 Å². The van der Waals surface area contributed by atoms with Crippen molar-refractivity contribution in [3.63, 3.8) is 0 Å². The van der Waals surface area contributed by atoms with Gasteiger partial charge >= 0.3 is 0 Å². The molecule has 2 aromatic rings. The summed E-state index contributed by atoms with van der Waals surface area (Å²) in [6.45, 7) is 2.42. The molecule has 0 atom stereocenters. The zero-order valence-corrected chi connectivity index (χ0v) is 9.82. The molecule has 0 saturated heterocycles. The lowest BCUT2D eigenvalue weighted by Gasteiger charge is -2.05. The summed E-state index contributed by atoms with van der Waals surface area (Å²) in [5.74, 6) is 1.54. The van der Waals surface area contributed by atoms with Gasteiger partial charge in [-0.1, -0.05) is 21.1 Å². The number of aromatic nitrogens is 1. The van der Waals surface area contributed by atoms with E-state index in [1.165, 1.54) is 0 Å². The molecule has 78 valence electrons. The van der Waals surface area contributed by atoms with Gasteiger partial charge in [0.1, 0.15) is 12.4 Å². The molecule has 0 bridgehead atoms. The summed E-state index contributed by atoms with van der Waals surface area (Å²) in [5, 5.41) is 3.60. The van der Waals surface area contributed by atoms with E-state index in [-0.39, 0.29) is 0 Å². The minimum Gasteiger partial charge on any atom is -0.486 e. The van der Waals surface area contributed by atoms with Crippen molar-refractivity contribution in [1.29, 1.82) is 0 Å². The second-order valence-electron chi connectivity index (χ2n) is 3.18. The van der Waals surface area contributed by atoms with Crippen molar-refractivity contribution in [3.8, 4) is 5.75 Å². The third-order valence-corrected chi connectivity index (χ3v) is 2.89. The Labute approximate surface area is 96.2 Å². The standard InChI is InChI=1S/C11H10BrNO2/c1-8-6-9(2-3-11(8)12)14-7-10-4-5-13-15-10/h2-6H,7H2,1H3. The van der Waals surface area contributed by atoms with E-state index >= 15 is 0 Å². The molecule has 0 unspecified atom stereocenters. The van der Waals surface area contributed by atoms with Gasteiger partial charge in [-0.2, -0.15) is 0 Å². The summed E-state index contributed by atoms with van der Waals surface area (Å²) in [7, 11) is 0. The molecular formula is C11H10BrNO2. The average molecular weight is 268 g/mol. The largest absolute Gasteiger partial charge is 0.486 e. The first kappa shape index (κ1) is 10.2. The van der Waals surface area contributed by atoms with Gasteiger partial charge in [-0.05, 0) is 30.7 Å². The van der Waals surface area contributed by atoms with Gasteiger partial charge in [0.25, 0.3) is 0 Å². The molecule has 0 aliphatic rings. The number of halogens is 1. The van der Waals surface area contributed by atoms with Crippen LogP contribution in [0.1, 0.15) is 11.3 Å². The van der Waals surface area contributed by atoms with Gasteiger partial charge in [0.05, 0.1) is 6.20 Å². The zero-order valence-electron chi connectivity index (χ0n) is 8.24. The number of rotatable bonds is 3. The molecule has 1 aromatic carbocycles. The van der Waals surface area contributed by atoms with Crippen LogP contribution in [0.25, 0.3) is 0 Å². The second kappa shape index (κ2) is 4.49. The quantitative estimate of drug-likeness (QED) is 0.856. The second-order valence-corrected chi connectivity index (χ2v) is 4.03. The molecule has 4 heteroatoms. The number of aryl methyl sites for hydroxylation is 1. The van der Waals surface area contributed by atoms with Crippen molar-refractivity contribution in [1.82, 2.24) is 5.16 Å². The summed E-state index contributed by atoms with van der Waals surface area (Å²) < 4.78 is 11.5. The third-order valence-electron chi connectivity index (χ3n) is 2.00. The first-order valence-electron chi connectivity index (χ1n) is 4.54. The molecule has 2 rings (SSSR count). The molecule has 0 radical (unpaired) electrons. The normalized spacial score (nSPS) is 10.3. The van der Waals surface area contributed by atoms with Gasteiger partial charge in [-0.25, -0.2) is 0 Å². The van der Waals surface area contributed by atoms with Crippen LogP contribution in [-0.4, -0.2) is 5.16 Å². The lowest BCUT2D eigenvalue weighted by molar-refractivity contribution is 0.249. The SMILES string of the molecule is Cc1cc(OCc2ccno2)ccc1Br. The Hall–Kier alpha value is -1.29. The Balaban J connectivity index is 2.02. The van der Waals surface area contributed by atoms with Crippen molar-refractivity contribution in [3.05, 3.63) is 46.3 Å². The van der Waals surface area contributed by atoms with E-state index in [1.807, 2.05) is 25.1 Å². The van der Waals surface area contributed by atoms with Gasteiger partial charge in [-0.15, -0.1) is 0 Å². The first-order valence-corrected chi connectivity index (χ1v) is 5.33. The Kier molecular flexibility index (Phi) is 3.06. The highest BCUT2D eigenvalue weighted by Crippen LogP contribution is 2.22. The predicted molar refractivity (Wildman–Crippen MR) is 59.7 cm³/mol. The monoisotopic (exact) mass is 267 g/mol. The Morgan fingerprint density at radius 1 is 1.40 bits per heavy atom. The summed E-state index contributed by atoms with van der Waals surface area (Å²) in [6, 6.07) is 7.63. The number of hydrogen-bond acceptors (Lipinski definition) is 3. The number of nitrogens with zero attached hydrogens (tertiary/aromatic N) is 1. The van der Waals surface area contributed by atoms with E-state index in [1.54, 1.807) is 12.3 Å². The fourth-order valence-corrected chi connectivity index (χ4v) is 1.42. The van der Waals surface area contributed by atoms with E-state index in [2.05, 4.69) is 21.1 Å². The topological polar surface area (TPSA) is 35.3 Å². The van der Waals surface area contributed by atoms with E-state index in [0.29, 0.717) is 6.61 Å². The van der Waals surface area contributed by atoms with Crippen LogP contribution in [0.15, 0.2) is 39.5 Å². The Bertz CT molecular complexity index is 440. The van der Waals surface area contributed by atoms with Gasteiger partial charge in [0.15, 0.2) is 5.76 Å². The van der Waals surface area contributed by atoms with Gasteiger partial charge in [-0.3, -0.25) is 0 Å². The maximum atomic E-state index is 5.53. The van der Waals surface area contributed by atoms with Crippen LogP contribution in [0.4, 0.5) is 0 Å². The molecule has 0 fully saturated rings. The lowest BCUT2D eigenvalue weighted by atomic mass is 10.2. The van der Waals surface area contributed by atoms with Crippen LogP contribution >= 0.6 is 15.9 Å². The summed E-state index contributed by atoms with van der Waals surface area (Å²) >= 11 is 3.44. The van der Waals surface area contributed by atoms with E-state index in [4.69, 9.17) is 9.26 Å². The minimum absolute atomic E-state index is 0.404. The van der Waals surface area contributed by atoms with Crippen LogP contribution in [0.5, 0.6) is 5.75 Å². The molecular weight excluding hydrogens is 258 g/mol. The summed E-state index contributed by atoms with van der Waals surface area (Å²) in [6.07, 6.45) is 1.60. The molecule has 0 spiro atoms. The average Bonchev–Trinajstić information content (AvgIpc) is 2.73. The molecule has 0 saturated carbocycles. The maximum absolute atomic E-state index is 5.53. The van der Waals surface area contributed by atoms with E-state index in [9.17, 15) is 0 Å². The van der Waals surface area contributed by atoms with Gasteiger partial charge < -0.3 is 9.26 Å².